The second-order valence-electron chi connectivity index (χ2n) is 5.07. The van der Waals surface area contributed by atoms with Crippen LogP contribution in [0.4, 0.5) is 0 Å². The first-order valence-electron chi connectivity index (χ1n) is 6.37. The quantitative estimate of drug-likeness (QED) is 0.811. The van der Waals surface area contributed by atoms with Gasteiger partial charge in [0, 0.05) is 25.2 Å². The number of nitrogens with zero attached hydrogens (tertiary/aromatic N) is 2. The van der Waals surface area contributed by atoms with Crippen LogP contribution in [0.3, 0.4) is 0 Å². The normalized spacial score (nSPS) is 19.2. The van der Waals surface area contributed by atoms with Gasteiger partial charge in [0.05, 0.1) is 0 Å². The van der Waals surface area contributed by atoms with E-state index in [1.165, 1.54) is 19.3 Å². The molecule has 0 saturated heterocycles. The average molecular weight is 235 g/mol. The summed E-state index contributed by atoms with van der Waals surface area (Å²) in [6.07, 6.45) is 8.32. The summed E-state index contributed by atoms with van der Waals surface area (Å²) in [6, 6.07) is 1.80. The second kappa shape index (κ2) is 5.00. The van der Waals surface area contributed by atoms with Crippen LogP contribution in [0.5, 0.6) is 0 Å². The van der Waals surface area contributed by atoms with E-state index >= 15 is 0 Å². The minimum Gasteiger partial charge on any atom is -0.314 e. The van der Waals surface area contributed by atoms with Crippen molar-refractivity contribution in [1.29, 1.82) is 0 Å². The van der Waals surface area contributed by atoms with Gasteiger partial charge in [-0.15, -0.1) is 0 Å². The first kappa shape index (κ1) is 12.3. The summed E-state index contributed by atoms with van der Waals surface area (Å²) in [7, 11) is 3.81. The van der Waals surface area contributed by atoms with E-state index in [-0.39, 0.29) is 11.3 Å². The van der Waals surface area contributed by atoms with Gasteiger partial charge in [0.25, 0.3) is 0 Å². The van der Waals surface area contributed by atoms with Gasteiger partial charge in [-0.25, -0.2) is 0 Å². The highest BCUT2D eigenvalue weighted by Gasteiger charge is 2.33. The first-order chi connectivity index (χ1) is 8.15. The number of carbonyl (C=O) groups excluding carboxylic acids is 1. The fourth-order valence-corrected chi connectivity index (χ4v) is 2.71. The number of carbonyl (C=O) groups is 1. The zero-order chi connectivity index (χ0) is 12.3. The number of Topliss-reactive ketones (excluding diaryl/α,β-unsaturated/α-hetero) is 1. The topological polar surface area (TPSA) is 46.9 Å². The molecule has 0 aromatic carbocycles. The fourth-order valence-electron chi connectivity index (χ4n) is 2.71. The Hall–Kier alpha value is -1.16. The summed E-state index contributed by atoms with van der Waals surface area (Å²) < 4.78 is 1.68. The molecule has 1 aliphatic carbocycles. The number of aryl methyl sites for hydroxylation is 1. The van der Waals surface area contributed by atoms with Crippen molar-refractivity contribution in [2.75, 3.05) is 7.05 Å². The molecular weight excluding hydrogens is 214 g/mol. The van der Waals surface area contributed by atoms with Crippen molar-refractivity contribution in [2.24, 2.45) is 7.05 Å². The molecule has 1 N–H and O–H groups in total. The molecular formula is C13H21N3O. The van der Waals surface area contributed by atoms with E-state index in [9.17, 15) is 4.79 Å². The van der Waals surface area contributed by atoms with Crippen molar-refractivity contribution in [2.45, 2.75) is 44.1 Å². The molecule has 1 aliphatic rings. The van der Waals surface area contributed by atoms with E-state index in [0.717, 1.165) is 12.8 Å². The van der Waals surface area contributed by atoms with Crippen LogP contribution in [0.25, 0.3) is 0 Å². The molecule has 0 amide bonds. The minimum absolute atomic E-state index is 0.00680. The number of hydrogen-bond donors (Lipinski definition) is 1. The monoisotopic (exact) mass is 235 g/mol. The Balaban J connectivity index is 2.05. The molecule has 2 rings (SSSR count). The Bertz CT molecular complexity index is 391. The third-order valence-electron chi connectivity index (χ3n) is 3.84. The van der Waals surface area contributed by atoms with Gasteiger partial charge < -0.3 is 5.32 Å². The zero-order valence-electron chi connectivity index (χ0n) is 10.7. The lowest BCUT2D eigenvalue weighted by Crippen LogP contribution is -2.46. The molecule has 17 heavy (non-hydrogen) atoms. The van der Waals surface area contributed by atoms with Crippen molar-refractivity contribution in [3.8, 4) is 0 Å². The van der Waals surface area contributed by atoms with Crippen molar-refractivity contribution in [3.05, 3.63) is 18.0 Å². The van der Waals surface area contributed by atoms with Gasteiger partial charge in [0.1, 0.15) is 5.69 Å². The van der Waals surface area contributed by atoms with E-state index in [1.807, 2.05) is 20.3 Å². The summed E-state index contributed by atoms with van der Waals surface area (Å²) in [4.78, 5) is 12.2. The molecule has 1 aromatic rings. The molecule has 1 saturated carbocycles. The summed E-state index contributed by atoms with van der Waals surface area (Å²) in [6.45, 7) is 0. The highest BCUT2D eigenvalue weighted by atomic mass is 16.1. The summed E-state index contributed by atoms with van der Waals surface area (Å²) in [5, 5.41) is 7.55. The lowest BCUT2D eigenvalue weighted by atomic mass is 9.78. The predicted octanol–water partition coefficient (Wildman–Crippen LogP) is 1.92. The van der Waals surface area contributed by atoms with Crippen LogP contribution in [0, 0.1) is 0 Å². The van der Waals surface area contributed by atoms with Gasteiger partial charge >= 0.3 is 0 Å². The van der Waals surface area contributed by atoms with E-state index in [0.29, 0.717) is 12.1 Å². The van der Waals surface area contributed by atoms with Crippen LogP contribution in [-0.4, -0.2) is 28.2 Å². The second-order valence-corrected chi connectivity index (χ2v) is 5.07. The highest BCUT2D eigenvalue weighted by Crippen LogP contribution is 2.31. The number of hydrogen-bond acceptors (Lipinski definition) is 3. The van der Waals surface area contributed by atoms with Crippen LogP contribution in [0.1, 0.15) is 49.0 Å². The highest BCUT2D eigenvalue weighted by molar-refractivity contribution is 5.94. The van der Waals surface area contributed by atoms with E-state index in [1.54, 1.807) is 10.7 Å². The predicted molar refractivity (Wildman–Crippen MR) is 67.0 cm³/mol. The largest absolute Gasteiger partial charge is 0.314 e. The molecule has 0 radical (unpaired) electrons. The molecule has 0 bridgehead atoms. The molecule has 1 heterocycles. The number of aromatic nitrogens is 2. The average Bonchev–Trinajstić information content (AvgIpc) is 2.77. The third-order valence-corrected chi connectivity index (χ3v) is 3.84. The molecule has 0 unspecified atom stereocenters. The molecule has 4 heteroatoms. The molecule has 4 nitrogen and oxygen atoms in total. The standard InChI is InChI=1S/C13H21N3O/c1-14-13(7-4-3-5-8-13)10-12(17)11-6-9-16(2)15-11/h6,9,14H,3-5,7-8,10H2,1-2H3. The van der Waals surface area contributed by atoms with Gasteiger partial charge in [-0.05, 0) is 26.0 Å². The maximum Gasteiger partial charge on any atom is 0.184 e. The van der Waals surface area contributed by atoms with Gasteiger partial charge in [-0.2, -0.15) is 5.10 Å². The lowest BCUT2D eigenvalue weighted by molar-refractivity contribution is 0.0909. The first-order valence-corrected chi connectivity index (χ1v) is 6.37. The summed E-state index contributed by atoms with van der Waals surface area (Å²) in [5.41, 5.74) is 0.597. The Kier molecular flexibility index (Phi) is 3.62. The molecule has 0 spiro atoms. The lowest BCUT2D eigenvalue weighted by Gasteiger charge is -2.36. The van der Waals surface area contributed by atoms with Crippen LogP contribution in [-0.2, 0) is 7.05 Å². The van der Waals surface area contributed by atoms with Crippen molar-refractivity contribution >= 4 is 5.78 Å². The van der Waals surface area contributed by atoms with Crippen LogP contribution >= 0.6 is 0 Å². The Morgan fingerprint density at radius 2 is 2.18 bits per heavy atom. The van der Waals surface area contributed by atoms with Crippen molar-refractivity contribution < 1.29 is 4.79 Å². The van der Waals surface area contributed by atoms with E-state index in [2.05, 4.69) is 10.4 Å². The Labute approximate surface area is 102 Å². The molecule has 1 aromatic heterocycles. The summed E-state index contributed by atoms with van der Waals surface area (Å²) in [5.74, 6) is 0.154. The van der Waals surface area contributed by atoms with Crippen LogP contribution in [0.2, 0.25) is 0 Å². The van der Waals surface area contributed by atoms with Crippen molar-refractivity contribution in [1.82, 2.24) is 15.1 Å². The molecule has 0 aliphatic heterocycles. The van der Waals surface area contributed by atoms with Gasteiger partial charge in [0.15, 0.2) is 5.78 Å². The maximum atomic E-state index is 12.2. The van der Waals surface area contributed by atoms with Gasteiger partial charge in [-0.1, -0.05) is 19.3 Å². The smallest absolute Gasteiger partial charge is 0.184 e. The van der Waals surface area contributed by atoms with Crippen LogP contribution < -0.4 is 5.32 Å². The van der Waals surface area contributed by atoms with Gasteiger partial charge in [-0.3, -0.25) is 9.48 Å². The molecule has 0 atom stereocenters. The van der Waals surface area contributed by atoms with Gasteiger partial charge in [0.2, 0.25) is 0 Å². The number of ketones is 1. The Morgan fingerprint density at radius 1 is 1.47 bits per heavy atom. The SMILES string of the molecule is CNC1(CC(=O)c2ccn(C)n2)CCCCC1. The number of nitrogens with one attached hydrogen (secondary N) is 1. The molecule has 94 valence electrons. The van der Waals surface area contributed by atoms with Crippen LogP contribution in [0.15, 0.2) is 12.3 Å². The zero-order valence-corrected chi connectivity index (χ0v) is 10.7. The van der Waals surface area contributed by atoms with Crippen molar-refractivity contribution in [3.63, 3.8) is 0 Å². The molecule has 1 fully saturated rings. The summed E-state index contributed by atoms with van der Waals surface area (Å²) >= 11 is 0. The van der Waals surface area contributed by atoms with E-state index < -0.39 is 0 Å². The van der Waals surface area contributed by atoms with E-state index in [4.69, 9.17) is 0 Å². The fraction of sp³-hybridized carbons (Fsp3) is 0.692. The maximum absolute atomic E-state index is 12.2. The number of rotatable bonds is 4. The minimum atomic E-state index is 0.00680. The third kappa shape index (κ3) is 2.75. The Morgan fingerprint density at radius 3 is 2.71 bits per heavy atom.